The molecule has 0 atom stereocenters. The second-order valence-electron chi connectivity index (χ2n) is 5.19. The van der Waals surface area contributed by atoms with Crippen molar-refractivity contribution in [3.8, 4) is 5.75 Å². The number of amides is 2. The van der Waals surface area contributed by atoms with Gasteiger partial charge in [-0.25, -0.2) is 8.78 Å². The fraction of sp³-hybridized carbons (Fsp3) is 0.176. The summed E-state index contributed by atoms with van der Waals surface area (Å²) in [5.74, 6) is -2.47. The molecule has 0 aromatic heterocycles. The molecule has 0 spiro atoms. The Hall–Kier alpha value is -2.96. The average Bonchev–Trinajstić information content (AvgIpc) is 2.54. The molecule has 0 aliphatic heterocycles. The first kappa shape index (κ1) is 17.4. The lowest BCUT2D eigenvalue weighted by Gasteiger charge is -2.11. The molecule has 2 aromatic carbocycles. The summed E-state index contributed by atoms with van der Waals surface area (Å²) >= 11 is 0. The quantitative estimate of drug-likeness (QED) is 0.915. The van der Waals surface area contributed by atoms with E-state index in [0.717, 1.165) is 12.1 Å². The molecule has 1 N–H and O–H groups in total. The molecule has 2 aromatic rings. The molecular formula is C17H16F2N2O3. The van der Waals surface area contributed by atoms with Crippen LogP contribution in [0.4, 0.5) is 14.5 Å². The molecule has 0 radical (unpaired) electrons. The van der Waals surface area contributed by atoms with E-state index in [-0.39, 0.29) is 11.7 Å². The standard InChI is InChI=1S/C17H16F2N2O3/c1-21(2)17(23)11-3-6-13(7-4-11)20-16(22)10-24-15-8-5-12(18)9-14(15)19/h3-9H,10H2,1-2H3,(H,20,22). The molecule has 0 aliphatic carbocycles. The highest BCUT2D eigenvalue weighted by atomic mass is 19.1. The van der Waals surface area contributed by atoms with E-state index in [2.05, 4.69) is 5.32 Å². The maximum atomic E-state index is 13.4. The van der Waals surface area contributed by atoms with Gasteiger partial charge in [0.2, 0.25) is 0 Å². The summed E-state index contributed by atoms with van der Waals surface area (Å²) in [5.41, 5.74) is 0.959. The van der Waals surface area contributed by atoms with Gasteiger partial charge in [0, 0.05) is 31.4 Å². The van der Waals surface area contributed by atoms with Gasteiger partial charge in [-0.15, -0.1) is 0 Å². The summed E-state index contributed by atoms with van der Waals surface area (Å²) in [6, 6.07) is 9.14. The zero-order chi connectivity index (χ0) is 17.7. The number of ether oxygens (including phenoxy) is 1. The summed E-state index contributed by atoms with van der Waals surface area (Å²) in [6.45, 7) is -0.430. The van der Waals surface area contributed by atoms with Gasteiger partial charge < -0.3 is 15.0 Å². The zero-order valence-electron chi connectivity index (χ0n) is 13.2. The molecule has 0 heterocycles. The zero-order valence-corrected chi connectivity index (χ0v) is 13.2. The van der Waals surface area contributed by atoms with E-state index < -0.39 is 24.1 Å². The molecule has 0 fully saturated rings. The van der Waals surface area contributed by atoms with Crippen molar-refractivity contribution in [1.29, 1.82) is 0 Å². The van der Waals surface area contributed by atoms with Crippen LogP contribution in [0, 0.1) is 11.6 Å². The maximum absolute atomic E-state index is 13.4. The van der Waals surface area contributed by atoms with Crippen LogP contribution in [-0.2, 0) is 4.79 Å². The smallest absolute Gasteiger partial charge is 0.262 e. The van der Waals surface area contributed by atoms with E-state index in [1.54, 1.807) is 38.4 Å². The number of nitrogens with zero attached hydrogens (tertiary/aromatic N) is 1. The lowest BCUT2D eigenvalue weighted by Crippen LogP contribution is -2.22. The highest BCUT2D eigenvalue weighted by molar-refractivity contribution is 5.95. The number of carbonyl (C=O) groups excluding carboxylic acids is 2. The van der Waals surface area contributed by atoms with Gasteiger partial charge in [0.15, 0.2) is 18.2 Å². The van der Waals surface area contributed by atoms with Crippen molar-refractivity contribution in [2.75, 3.05) is 26.0 Å². The Morgan fingerprint density at radius 3 is 2.33 bits per heavy atom. The van der Waals surface area contributed by atoms with Crippen LogP contribution >= 0.6 is 0 Å². The predicted octanol–water partition coefficient (Wildman–Crippen LogP) is 2.68. The molecule has 5 nitrogen and oxygen atoms in total. The van der Waals surface area contributed by atoms with Crippen LogP contribution in [0.2, 0.25) is 0 Å². The van der Waals surface area contributed by atoms with E-state index in [1.165, 1.54) is 4.90 Å². The molecular weight excluding hydrogens is 318 g/mol. The summed E-state index contributed by atoms with van der Waals surface area (Å²) < 4.78 is 31.2. The Morgan fingerprint density at radius 2 is 1.75 bits per heavy atom. The van der Waals surface area contributed by atoms with Crippen molar-refractivity contribution < 1.29 is 23.1 Å². The van der Waals surface area contributed by atoms with Crippen molar-refractivity contribution in [1.82, 2.24) is 4.90 Å². The fourth-order valence-electron chi connectivity index (χ4n) is 1.89. The van der Waals surface area contributed by atoms with Crippen LogP contribution < -0.4 is 10.1 Å². The third kappa shape index (κ3) is 4.52. The second-order valence-corrected chi connectivity index (χ2v) is 5.19. The van der Waals surface area contributed by atoms with E-state index >= 15 is 0 Å². The molecule has 126 valence electrons. The number of carbonyl (C=O) groups is 2. The SMILES string of the molecule is CN(C)C(=O)c1ccc(NC(=O)COc2ccc(F)cc2F)cc1. The minimum atomic E-state index is -0.880. The molecule has 2 rings (SSSR count). The first-order chi connectivity index (χ1) is 11.4. The Kier molecular flexibility index (Phi) is 5.47. The van der Waals surface area contributed by atoms with Crippen LogP contribution in [-0.4, -0.2) is 37.4 Å². The predicted molar refractivity (Wildman–Crippen MR) is 84.9 cm³/mol. The molecule has 0 unspecified atom stereocenters. The average molecular weight is 334 g/mol. The van der Waals surface area contributed by atoms with E-state index in [9.17, 15) is 18.4 Å². The van der Waals surface area contributed by atoms with E-state index in [1.807, 2.05) is 0 Å². The maximum Gasteiger partial charge on any atom is 0.262 e. The van der Waals surface area contributed by atoms with Crippen molar-refractivity contribution >= 4 is 17.5 Å². The van der Waals surface area contributed by atoms with Gasteiger partial charge >= 0.3 is 0 Å². The summed E-state index contributed by atoms with van der Waals surface area (Å²) in [7, 11) is 3.29. The highest BCUT2D eigenvalue weighted by Gasteiger charge is 2.10. The van der Waals surface area contributed by atoms with Gasteiger partial charge in [-0.3, -0.25) is 9.59 Å². The first-order valence-electron chi connectivity index (χ1n) is 7.06. The Morgan fingerprint density at radius 1 is 1.08 bits per heavy atom. The van der Waals surface area contributed by atoms with Gasteiger partial charge in [0.05, 0.1) is 0 Å². The van der Waals surface area contributed by atoms with Crippen molar-refractivity contribution in [2.45, 2.75) is 0 Å². The van der Waals surface area contributed by atoms with Crippen LogP contribution in [0.25, 0.3) is 0 Å². The first-order valence-corrected chi connectivity index (χ1v) is 7.06. The van der Waals surface area contributed by atoms with Crippen molar-refractivity contribution in [3.05, 3.63) is 59.7 Å². The lowest BCUT2D eigenvalue weighted by atomic mass is 10.2. The van der Waals surface area contributed by atoms with Gasteiger partial charge in [-0.2, -0.15) is 0 Å². The summed E-state index contributed by atoms with van der Waals surface area (Å²) in [6.07, 6.45) is 0. The molecule has 7 heteroatoms. The van der Waals surface area contributed by atoms with Crippen LogP contribution in [0.3, 0.4) is 0 Å². The monoisotopic (exact) mass is 334 g/mol. The Balaban J connectivity index is 1.91. The van der Waals surface area contributed by atoms with E-state index in [0.29, 0.717) is 17.3 Å². The van der Waals surface area contributed by atoms with Gasteiger partial charge in [-0.1, -0.05) is 0 Å². The topological polar surface area (TPSA) is 58.6 Å². The Bertz CT molecular complexity index is 746. The number of hydrogen-bond acceptors (Lipinski definition) is 3. The summed E-state index contributed by atoms with van der Waals surface area (Å²) in [5, 5.41) is 2.55. The fourth-order valence-corrected chi connectivity index (χ4v) is 1.89. The number of nitrogens with one attached hydrogen (secondary N) is 1. The molecule has 2 amide bonds. The number of hydrogen-bond donors (Lipinski definition) is 1. The number of halogens is 2. The second kappa shape index (κ2) is 7.54. The summed E-state index contributed by atoms with van der Waals surface area (Å²) in [4.78, 5) is 25.0. The molecule has 0 saturated carbocycles. The van der Waals surface area contributed by atoms with Gasteiger partial charge in [0.1, 0.15) is 5.82 Å². The highest BCUT2D eigenvalue weighted by Crippen LogP contribution is 2.17. The molecule has 0 bridgehead atoms. The van der Waals surface area contributed by atoms with E-state index in [4.69, 9.17) is 4.74 Å². The van der Waals surface area contributed by atoms with Crippen LogP contribution in [0.1, 0.15) is 10.4 Å². The lowest BCUT2D eigenvalue weighted by molar-refractivity contribution is -0.118. The van der Waals surface area contributed by atoms with Gasteiger partial charge in [-0.05, 0) is 36.4 Å². The normalized spacial score (nSPS) is 10.2. The van der Waals surface area contributed by atoms with Crippen LogP contribution in [0.5, 0.6) is 5.75 Å². The molecule has 0 aliphatic rings. The van der Waals surface area contributed by atoms with Crippen molar-refractivity contribution in [2.24, 2.45) is 0 Å². The minimum absolute atomic E-state index is 0.150. The minimum Gasteiger partial charge on any atom is -0.481 e. The number of benzene rings is 2. The third-order valence-electron chi connectivity index (χ3n) is 3.07. The third-order valence-corrected chi connectivity index (χ3v) is 3.07. The number of rotatable bonds is 5. The largest absolute Gasteiger partial charge is 0.481 e. The van der Waals surface area contributed by atoms with Crippen LogP contribution in [0.15, 0.2) is 42.5 Å². The number of anilines is 1. The van der Waals surface area contributed by atoms with Crippen molar-refractivity contribution in [3.63, 3.8) is 0 Å². The Labute approximate surface area is 137 Å². The molecule has 24 heavy (non-hydrogen) atoms. The molecule has 0 saturated heterocycles. The van der Waals surface area contributed by atoms with Gasteiger partial charge in [0.25, 0.3) is 11.8 Å².